The number of hydrogen-bond donors (Lipinski definition) is 1. The molecule has 2 aromatic rings. The molecule has 0 unspecified atom stereocenters. The number of rotatable bonds is 4. The first-order valence-corrected chi connectivity index (χ1v) is 8.48. The minimum atomic E-state index is -0.339. The minimum Gasteiger partial charge on any atom is -0.321 e. The maximum atomic E-state index is 12.5. The van der Waals surface area contributed by atoms with Crippen molar-refractivity contribution in [2.24, 2.45) is 4.99 Å². The molecule has 6 nitrogen and oxygen atoms in total. The van der Waals surface area contributed by atoms with E-state index in [9.17, 15) is 4.79 Å². The lowest BCUT2D eigenvalue weighted by molar-refractivity contribution is 0.0961. The van der Waals surface area contributed by atoms with Crippen molar-refractivity contribution in [1.82, 2.24) is 20.3 Å². The van der Waals surface area contributed by atoms with Gasteiger partial charge in [-0.25, -0.2) is 4.68 Å². The molecule has 0 saturated heterocycles. The van der Waals surface area contributed by atoms with Crippen LogP contribution in [0.5, 0.6) is 0 Å². The molecule has 1 aromatic heterocycles. The monoisotopic (exact) mass is 359 g/mol. The van der Waals surface area contributed by atoms with Crippen molar-refractivity contribution in [3.63, 3.8) is 0 Å². The number of nitrogens with zero attached hydrogens (tertiary/aromatic N) is 4. The Hall–Kier alpha value is -2.38. The Morgan fingerprint density at radius 1 is 1.50 bits per heavy atom. The zero-order valence-corrected chi connectivity index (χ0v) is 14.4. The molecule has 0 spiro atoms. The van der Waals surface area contributed by atoms with Crippen LogP contribution in [-0.4, -0.2) is 27.6 Å². The van der Waals surface area contributed by atoms with Gasteiger partial charge in [-0.05, 0) is 31.9 Å². The molecule has 0 atom stereocenters. The summed E-state index contributed by atoms with van der Waals surface area (Å²) in [5.41, 5.74) is 2.51. The summed E-state index contributed by atoms with van der Waals surface area (Å²) in [5, 5.41) is 11.1. The van der Waals surface area contributed by atoms with Crippen molar-refractivity contribution in [3.05, 3.63) is 58.7 Å². The molecule has 24 heavy (non-hydrogen) atoms. The molecule has 1 N–H and O–H groups in total. The first-order valence-electron chi connectivity index (χ1n) is 7.12. The highest BCUT2D eigenvalue weighted by atomic mass is 35.5. The normalized spacial score (nSPS) is 13.9. The van der Waals surface area contributed by atoms with Crippen LogP contribution >= 0.6 is 23.4 Å². The highest BCUT2D eigenvalue weighted by molar-refractivity contribution is 7.98. The van der Waals surface area contributed by atoms with E-state index in [-0.39, 0.29) is 11.1 Å². The zero-order valence-electron chi connectivity index (χ0n) is 12.9. The number of allylic oxidation sites excluding steroid dienone is 2. The van der Waals surface area contributed by atoms with Crippen LogP contribution in [-0.2, 0) is 5.75 Å². The fourth-order valence-corrected chi connectivity index (χ4v) is 3.40. The quantitative estimate of drug-likeness (QED) is 0.516. The third-order valence-corrected chi connectivity index (χ3v) is 4.73. The van der Waals surface area contributed by atoms with Gasteiger partial charge in [-0.3, -0.25) is 9.79 Å². The first kappa shape index (κ1) is 16.5. The molecule has 8 heteroatoms. The van der Waals surface area contributed by atoms with Gasteiger partial charge >= 0.3 is 0 Å². The summed E-state index contributed by atoms with van der Waals surface area (Å²) >= 11 is 7.48. The molecular formula is C16H14ClN5OS. The van der Waals surface area contributed by atoms with Crippen LogP contribution in [0.25, 0.3) is 5.69 Å². The largest absolute Gasteiger partial charge is 0.321 e. The predicted molar refractivity (Wildman–Crippen MR) is 95.6 cm³/mol. The molecule has 1 aliphatic heterocycles. The SMILES string of the molecule is C=NC(Cl)=CC(=CC)NC(=O)c1nnn2c1CSc1ccccc1-2. The van der Waals surface area contributed by atoms with E-state index in [1.807, 2.05) is 24.3 Å². The van der Waals surface area contributed by atoms with Crippen LogP contribution in [0.15, 0.2) is 57.2 Å². The highest BCUT2D eigenvalue weighted by Crippen LogP contribution is 2.35. The number of hydrogen-bond acceptors (Lipinski definition) is 5. The molecule has 1 aromatic carbocycles. The summed E-state index contributed by atoms with van der Waals surface area (Å²) in [7, 11) is 0. The van der Waals surface area contributed by atoms with E-state index in [0.29, 0.717) is 17.1 Å². The van der Waals surface area contributed by atoms with Crippen molar-refractivity contribution in [2.75, 3.05) is 0 Å². The van der Waals surface area contributed by atoms with Crippen LogP contribution in [0.4, 0.5) is 0 Å². The van der Waals surface area contributed by atoms with Gasteiger partial charge in [0.2, 0.25) is 0 Å². The molecule has 3 rings (SSSR count). The standard InChI is InChI=1S/C16H14ClN5OS/c1-3-10(8-14(17)18-2)19-16(23)15-12-9-24-13-7-5-4-6-11(13)22(12)21-20-15/h3-8H,2,9H2,1H3,(H,19,23). The van der Waals surface area contributed by atoms with E-state index in [1.165, 1.54) is 6.08 Å². The number of nitrogens with one attached hydrogen (secondary N) is 1. The summed E-state index contributed by atoms with van der Waals surface area (Å²) in [6.45, 7) is 5.12. The van der Waals surface area contributed by atoms with E-state index in [0.717, 1.165) is 16.3 Å². The lowest BCUT2D eigenvalue weighted by atomic mass is 10.2. The number of aliphatic imine (C=N–C) groups is 1. The Morgan fingerprint density at radius 2 is 2.29 bits per heavy atom. The lowest BCUT2D eigenvalue weighted by Crippen LogP contribution is -2.24. The fraction of sp³-hybridized carbons (Fsp3) is 0.125. The number of aromatic nitrogens is 3. The van der Waals surface area contributed by atoms with Crippen LogP contribution in [0.3, 0.4) is 0 Å². The van der Waals surface area contributed by atoms with Gasteiger partial charge in [0.05, 0.1) is 11.4 Å². The van der Waals surface area contributed by atoms with Crippen LogP contribution in [0.1, 0.15) is 23.1 Å². The second-order valence-corrected chi connectivity index (χ2v) is 6.28. The van der Waals surface area contributed by atoms with E-state index in [2.05, 4.69) is 27.3 Å². The number of amides is 1. The van der Waals surface area contributed by atoms with E-state index < -0.39 is 0 Å². The highest BCUT2D eigenvalue weighted by Gasteiger charge is 2.25. The number of fused-ring (bicyclic) bond motifs is 3. The molecule has 0 fully saturated rings. The Labute approximate surface area is 148 Å². The van der Waals surface area contributed by atoms with Gasteiger partial charge in [-0.15, -0.1) is 16.9 Å². The van der Waals surface area contributed by atoms with Gasteiger partial charge in [0.15, 0.2) is 5.69 Å². The van der Waals surface area contributed by atoms with Crippen molar-refractivity contribution in [3.8, 4) is 5.69 Å². The Morgan fingerprint density at radius 3 is 3.04 bits per heavy atom. The number of para-hydroxylation sites is 1. The zero-order chi connectivity index (χ0) is 17.1. The third-order valence-electron chi connectivity index (χ3n) is 3.43. The summed E-state index contributed by atoms with van der Waals surface area (Å²) in [5.74, 6) is 0.289. The topological polar surface area (TPSA) is 72.2 Å². The van der Waals surface area contributed by atoms with E-state index in [4.69, 9.17) is 11.6 Å². The number of carbonyl (C=O) groups is 1. The van der Waals surface area contributed by atoms with Gasteiger partial charge in [-0.1, -0.05) is 35.0 Å². The molecule has 2 heterocycles. The molecule has 1 aliphatic rings. The second kappa shape index (κ2) is 7.02. The second-order valence-electron chi connectivity index (χ2n) is 4.88. The third kappa shape index (κ3) is 3.13. The van der Waals surface area contributed by atoms with Gasteiger partial charge in [0.1, 0.15) is 5.16 Å². The maximum Gasteiger partial charge on any atom is 0.278 e. The molecule has 0 bridgehead atoms. The molecule has 122 valence electrons. The van der Waals surface area contributed by atoms with E-state index in [1.54, 1.807) is 29.4 Å². The molecule has 0 saturated carbocycles. The first-order chi connectivity index (χ1) is 11.6. The summed E-state index contributed by atoms with van der Waals surface area (Å²) in [6.07, 6.45) is 3.23. The number of thioether (sulfide) groups is 1. The van der Waals surface area contributed by atoms with Crippen LogP contribution in [0.2, 0.25) is 0 Å². The Bertz CT molecular complexity index is 871. The van der Waals surface area contributed by atoms with Crippen molar-refractivity contribution in [2.45, 2.75) is 17.6 Å². The number of carbonyl (C=O) groups excluding carboxylic acids is 1. The average Bonchev–Trinajstić information content (AvgIpc) is 3.05. The Kier molecular flexibility index (Phi) is 4.82. The van der Waals surface area contributed by atoms with Crippen molar-refractivity contribution < 1.29 is 4.79 Å². The lowest BCUT2D eigenvalue weighted by Gasteiger charge is -2.16. The van der Waals surface area contributed by atoms with Gasteiger partial charge in [-0.2, -0.15) is 0 Å². The minimum absolute atomic E-state index is 0.192. The summed E-state index contributed by atoms with van der Waals surface area (Å²) in [4.78, 5) is 17.2. The van der Waals surface area contributed by atoms with Crippen LogP contribution in [0, 0.1) is 0 Å². The van der Waals surface area contributed by atoms with E-state index >= 15 is 0 Å². The van der Waals surface area contributed by atoms with Crippen molar-refractivity contribution >= 4 is 36.0 Å². The summed E-state index contributed by atoms with van der Waals surface area (Å²) < 4.78 is 1.71. The molecular weight excluding hydrogens is 346 g/mol. The fourth-order valence-electron chi connectivity index (χ4n) is 2.26. The Balaban J connectivity index is 1.89. The van der Waals surface area contributed by atoms with Gasteiger partial charge < -0.3 is 5.32 Å². The number of benzene rings is 1. The number of halogens is 1. The van der Waals surface area contributed by atoms with Crippen LogP contribution < -0.4 is 5.32 Å². The summed E-state index contributed by atoms with van der Waals surface area (Å²) in [6, 6.07) is 7.89. The van der Waals surface area contributed by atoms with Gasteiger partial charge in [0.25, 0.3) is 5.91 Å². The average molecular weight is 360 g/mol. The molecule has 0 aliphatic carbocycles. The predicted octanol–water partition coefficient (Wildman–Crippen LogP) is 3.29. The maximum absolute atomic E-state index is 12.5. The van der Waals surface area contributed by atoms with Crippen molar-refractivity contribution in [1.29, 1.82) is 0 Å². The molecule has 0 radical (unpaired) electrons. The smallest absolute Gasteiger partial charge is 0.278 e. The van der Waals surface area contributed by atoms with Gasteiger partial charge in [0, 0.05) is 16.3 Å². The molecule has 1 amide bonds.